The Morgan fingerprint density at radius 1 is 1.29 bits per heavy atom. The number of aromatic nitrogens is 4. The maximum atomic E-state index is 13.0. The zero-order chi connectivity index (χ0) is 19.1. The topological polar surface area (TPSA) is 96.7 Å². The Morgan fingerprint density at radius 3 is 3.00 bits per heavy atom. The third-order valence-corrected chi connectivity index (χ3v) is 6.23. The number of rotatable bonds is 5. The van der Waals surface area contributed by atoms with Gasteiger partial charge < -0.3 is 9.84 Å². The molecular weight excluding hydrogens is 354 g/mol. The maximum absolute atomic E-state index is 13.0. The fourth-order valence-electron chi connectivity index (χ4n) is 4.98. The zero-order valence-corrected chi connectivity index (χ0v) is 15.8. The molecule has 0 unspecified atom stereocenters. The van der Waals surface area contributed by atoms with Gasteiger partial charge in [-0.15, -0.1) is 0 Å². The Bertz CT molecular complexity index is 980. The van der Waals surface area contributed by atoms with Gasteiger partial charge >= 0.3 is 0 Å². The monoisotopic (exact) mass is 377 g/mol. The summed E-state index contributed by atoms with van der Waals surface area (Å²) in [5.41, 5.74) is 2.99. The molecule has 0 spiro atoms. The van der Waals surface area contributed by atoms with E-state index in [1.54, 1.807) is 6.20 Å². The van der Waals surface area contributed by atoms with Crippen LogP contribution in [-0.4, -0.2) is 26.2 Å². The summed E-state index contributed by atoms with van der Waals surface area (Å²) in [6.07, 6.45) is 4.98. The molecular formula is C21H23N5O2. The van der Waals surface area contributed by atoms with Crippen LogP contribution >= 0.6 is 0 Å². The maximum Gasteiger partial charge on any atom is 0.231 e. The van der Waals surface area contributed by atoms with Crippen molar-refractivity contribution in [2.75, 3.05) is 0 Å². The van der Waals surface area contributed by atoms with Gasteiger partial charge in [0.1, 0.15) is 0 Å². The van der Waals surface area contributed by atoms with Crippen molar-refractivity contribution in [3.8, 4) is 11.4 Å². The number of H-pyrrole nitrogens is 1. The van der Waals surface area contributed by atoms with Gasteiger partial charge in [-0.25, -0.2) is 0 Å². The minimum Gasteiger partial charge on any atom is -0.350 e. The molecule has 2 fully saturated rings. The smallest absolute Gasteiger partial charge is 0.231 e. The molecule has 2 aliphatic carbocycles. The lowest BCUT2D eigenvalue weighted by molar-refractivity contribution is -0.127. The number of hydrogen-bond donors (Lipinski definition) is 2. The highest BCUT2D eigenvalue weighted by atomic mass is 16.5. The number of nitrogens with one attached hydrogen (secondary N) is 2. The molecule has 2 aliphatic rings. The third-order valence-electron chi connectivity index (χ3n) is 6.23. The minimum absolute atomic E-state index is 0.00609. The second-order valence-electron chi connectivity index (χ2n) is 8.01. The fraction of sp³-hybridized carbons (Fsp3) is 0.429. The van der Waals surface area contributed by atoms with Crippen molar-refractivity contribution in [1.29, 1.82) is 0 Å². The van der Waals surface area contributed by atoms with Gasteiger partial charge in [-0.2, -0.15) is 10.1 Å². The standard InChI is InChI=1S/C21H23N5O2/c1-12-3-2-4-15(9-12)19-24-21(28-26-19)18-14-6-5-13(10-14)17(18)20(27)22-11-16-7-8-23-25-16/h2-4,7-9,13-14,17-18H,5-6,10-11H2,1H3,(H,22,27)(H,23,25)/t13-,14+,17-,18-/m0/s1. The van der Waals surface area contributed by atoms with Crippen LogP contribution in [0.2, 0.25) is 0 Å². The number of amides is 1. The second-order valence-corrected chi connectivity index (χ2v) is 8.01. The fourth-order valence-corrected chi connectivity index (χ4v) is 4.98. The minimum atomic E-state index is -0.104. The van der Waals surface area contributed by atoms with Gasteiger partial charge in [-0.1, -0.05) is 28.9 Å². The molecule has 4 atom stereocenters. The van der Waals surface area contributed by atoms with Crippen molar-refractivity contribution >= 4 is 5.91 Å². The van der Waals surface area contributed by atoms with Gasteiger partial charge in [0.05, 0.1) is 24.1 Å². The van der Waals surface area contributed by atoms with Crippen LogP contribution in [0.4, 0.5) is 0 Å². The average Bonchev–Trinajstić information content (AvgIpc) is 3.50. The van der Waals surface area contributed by atoms with E-state index in [0.717, 1.165) is 36.1 Å². The van der Waals surface area contributed by atoms with Crippen molar-refractivity contribution in [1.82, 2.24) is 25.7 Å². The molecule has 1 amide bonds. The zero-order valence-electron chi connectivity index (χ0n) is 15.8. The molecule has 7 heteroatoms. The molecule has 2 aromatic heterocycles. The Hall–Kier alpha value is -2.96. The lowest BCUT2D eigenvalue weighted by Crippen LogP contribution is -2.37. The van der Waals surface area contributed by atoms with Gasteiger partial charge in [0.15, 0.2) is 0 Å². The van der Waals surface area contributed by atoms with Crippen LogP contribution in [0.1, 0.15) is 42.3 Å². The lowest BCUT2D eigenvalue weighted by Gasteiger charge is -2.27. The number of aromatic amines is 1. The van der Waals surface area contributed by atoms with E-state index in [9.17, 15) is 4.79 Å². The highest BCUT2D eigenvalue weighted by Crippen LogP contribution is 2.56. The van der Waals surface area contributed by atoms with Crippen molar-refractivity contribution in [3.05, 3.63) is 53.7 Å². The highest BCUT2D eigenvalue weighted by Gasteiger charge is 2.53. The normalized spacial score (nSPS) is 25.9. The van der Waals surface area contributed by atoms with Crippen LogP contribution in [0.5, 0.6) is 0 Å². The quantitative estimate of drug-likeness (QED) is 0.712. The summed E-state index contributed by atoms with van der Waals surface area (Å²) in [6.45, 7) is 2.50. The first-order chi connectivity index (χ1) is 13.7. The van der Waals surface area contributed by atoms with Crippen molar-refractivity contribution in [2.45, 2.75) is 38.6 Å². The van der Waals surface area contributed by atoms with E-state index in [1.165, 1.54) is 0 Å². The molecule has 0 aliphatic heterocycles. The van der Waals surface area contributed by atoms with Crippen LogP contribution in [0.15, 0.2) is 41.1 Å². The molecule has 2 N–H and O–H groups in total. The Kier molecular flexibility index (Phi) is 4.22. The number of benzene rings is 1. The van der Waals surface area contributed by atoms with E-state index in [4.69, 9.17) is 9.51 Å². The Balaban J connectivity index is 1.38. The van der Waals surface area contributed by atoms with Crippen LogP contribution in [0.25, 0.3) is 11.4 Å². The van der Waals surface area contributed by atoms with Crippen LogP contribution in [-0.2, 0) is 11.3 Å². The Morgan fingerprint density at radius 2 is 2.18 bits per heavy atom. The molecule has 28 heavy (non-hydrogen) atoms. The number of nitrogens with zero attached hydrogens (tertiary/aromatic N) is 3. The number of fused-ring (bicyclic) bond motifs is 2. The van der Waals surface area contributed by atoms with E-state index < -0.39 is 0 Å². The van der Waals surface area contributed by atoms with Crippen molar-refractivity contribution < 1.29 is 9.32 Å². The molecule has 144 valence electrons. The molecule has 2 heterocycles. The number of carbonyl (C=O) groups is 1. The summed E-state index contributed by atoms with van der Waals surface area (Å²) in [4.78, 5) is 17.7. The van der Waals surface area contributed by atoms with E-state index in [0.29, 0.717) is 30.1 Å². The van der Waals surface area contributed by atoms with Gasteiger partial charge in [0, 0.05) is 11.8 Å². The summed E-state index contributed by atoms with van der Waals surface area (Å²) in [6, 6.07) is 9.93. The molecule has 0 saturated heterocycles. The highest BCUT2D eigenvalue weighted by molar-refractivity contribution is 5.80. The molecule has 7 nitrogen and oxygen atoms in total. The predicted molar refractivity (Wildman–Crippen MR) is 102 cm³/mol. The first kappa shape index (κ1) is 17.2. The number of aryl methyl sites for hydroxylation is 1. The van der Waals surface area contributed by atoms with Gasteiger partial charge in [0.2, 0.25) is 17.6 Å². The molecule has 1 aromatic carbocycles. The lowest BCUT2D eigenvalue weighted by atomic mass is 9.78. The molecule has 0 radical (unpaired) electrons. The van der Waals surface area contributed by atoms with E-state index >= 15 is 0 Å². The van der Waals surface area contributed by atoms with Crippen molar-refractivity contribution in [3.63, 3.8) is 0 Å². The SMILES string of the molecule is Cc1cccc(-c2noc([C@H]3[C@@H]4CC[C@@H](C4)[C@@H]3C(=O)NCc3ccn[nH]3)n2)c1. The number of hydrogen-bond acceptors (Lipinski definition) is 5. The van der Waals surface area contributed by atoms with Gasteiger partial charge in [-0.05, 0) is 50.2 Å². The average molecular weight is 377 g/mol. The largest absolute Gasteiger partial charge is 0.350 e. The van der Waals surface area contributed by atoms with Crippen LogP contribution in [0, 0.1) is 24.7 Å². The first-order valence-electron chi connectivity index (χ1n) is 9.85. The molecule has 2 bridgehead atoms. The predicted octanol–water partition coefficient (Wildman–Crippen LogP) is 3.21. The first-order valence-corrected chi connectivity index (χ1v) is 9.85. The van der Waals surface area contributed by atoms with Gasteiger partial charge in [-0.3, -0.25) is 9.89 Å². The molecule has 3 aromatic rings. The molecule has 5 rings (SSSR count). The summed E-state index contributed by atoms with van der Waals surface area (Å²) in [5, 5.41) is 14.1. The summed E-state index contributed by atoms with van der Waals surface area (Å²) in [5.74, 6) is 2.01. The number of carbonyl (C=O) groups excluding carboxylic acids is 1. The summed E-state index contributed by atoms with van der Waals surface area (Å²) in [7, 11) is 0. The van der Waals surface area contributed by atoms with Crippen LogP contribution in [0.3, 0.4) is 0 Å². The Labute approximate surface area is 162 Å². The van der Waals surface area contributed by atoms with E-state index in [2.05, 4.69) is 20.7 Å². The summed E-state index contributed by atoms with van der Waals surface area (Å²) < 4.78 is 5.67. The van der Waals surface area contributed by atoms with Gasteiger partial charge in [0.25, 0.3) is 0 Å². The third kappa shape index (κ3) is 3.00. The van der Waals surface area contributed by atoms with Crippen LogP contribution < -0.4 is 5.32 Å². The second kappa shape index (κ2) is 6.89. The van der Waals surface area contributed by atoms with E-state index in [1.807, 2.05) is 37.3 Å². The van der Waals surface area contributed by atoms with E-state index in [-0.39, 0.29) is 17.7 Å². The van der Waals surface area contributed by atoms with Crippen molar-refractivity contribution in [2.24, 2.45) is 17.8 Å². The molecule has 2 saturated carbocycles. The summed E-state index contributed by atoms with van der Waals surface area (Å²) >= 11 is 0.